The number of methoxy groups -OCH3 is 2. The second kappa shape index (κ2) is 7.04. The number of amides is 1. The summed E-state index contributed by atoms with van der Waals surface area (Å²) >= 11 is 0. The number of rotatable bonds is 5. The van der Waals surface area contributed by atoms with Crippen molar-refractivity contribution in [3.63, 3.8) is 0 Å². The molecule has 0 radical (unpaired) electrons. The largest absolute Gasteiger partial charge is 0.493 e. The number of carbonyl (C=O) groups excluding carboxylic acids is 1. The molecule has 25 heavy (non-hydrogen) atoms. The molecule has 0 aliphatic carbocycles. The van der Waals surface area contributed by atoms with E-state index in [4.69, 9.17) is 14.0 Å². The van der Waals surface area contributed by atoms with Crippen molar-refractivity contribution in [3.8, 4) is 22.6 Å². The van der Waals surface area contributed by atoms with Crippen molar-refractivity contribution in [2.24, 2.45) is 0 Å². The normalized spacial score (nSPS) is 10.4. The summed E-state index contributed by atoms with van der Waals surface area (Å²) in [4.78, 5) is 12.3. The van der Waals surface area contributed by atoms with Gasteiger partial charge in [-0.1, -0.05) is 23.4 Å². The fraction of sp³-hybridized carbons (Fsp3) is 0.111. The number of ether oxygens (including phenoxy) is 2. The summed E-state index contributed by atoms with van der Waals surface area (Å²) in [7, 11) is 3.06. The van der Waals surface area contributed by atoms with Crippen LogP contribution in [0.4, 0.5) is 10.3 Å². The van der Waals surface area contributed by atoms with Crippen LogP contribution in [0, 0.1) is 5.82 Å². The maximum absolute atomic E-state index is 13.7. The Labute approximate surface area is 143 Å². The molecule has 1 N–H and O–H groups in total. The summed E-state index contributed by atoms with van der Waals surface area (Å²) in [6.45, 7) is 0. The zero-order valence-corrected chi connectivity index (χ0v) is 13.6. The van der Waals surface area contributed by atoms with E-state index in [2.05, 4.69) is 10.5 Å². The molecule has 7 heteroatoms. The van der Waals surface area contributed by atoms with Crippen LogP contribution in [0.1, 0.15) is 10.4 Å². The molecule has 0 aliphatic heterocycles. The molecular weight excluding hydrogens is 327 g/mol. The van der Waals surface area contributed by atoms with Gasteiger partial charge in [0.05, 0.1) is 31.5 Å². The molecule has 0 saturated heterocycles. The molecule has 1 aromatic heterocycles. The van der Waals surface area contributed by atoms with Crippen LogP contribution in [0.25, 0.3) is 11.1 Å². The van der Waals surface area contributed by atoms with Crippen molar-refractivity contribution in [1.82, 2.24) is 5.16 Å². The summed E-state index contributed by atoms with van der Waals surface area (Å²) < 4.78 is 29.3. The average molecular weight is 342 g/mol. The van der Waals surface area contributed by atoms with Crippen LogP contribution in [0.3, 0.4) is 0 Å². The summed E-state index contributed by atoms with van der Waals surface area (Å²) in [6, 6.07) is 10.9. The van der Waals surface area contributed by atoms with E-state index >= 15 is 0 Å². The molecule has 0 saturated carbocycles. The lowest BCUT2D eigenvalue weighted by Crippen LogP contribution is -2.13. The van der Waals surface area contributed by atoms with Gasteiger partial charge in [0.1, 0.15) is 5.82 Å². The van der Waals surface area contributed by atoms with E-state index in [9.17, 15) is 9.18 Å². The highest BCUT2D eigenvalue weighted by atomic mass is 19.1. The van der Waals surface area contributed by atoms with Crippen LogP contribution >= 0.6 is 0 Å². The van der Waals surface area contributed by atoms with Crippen molar-refractivity contribution >= 4 is 11.8 Å². The number of halogens is 1. The Morgan fingerprint density at radius 1 is 1.12 bits per heavy atom. The van der Waals surface area contributed by atoms with Gasteiger partial charge < -0.3 is 14.0 Å². The van der Waals surface area contributed by atoms with Gasteiger partial charge in [-0.25, -0.2) is 4.39 Å². The van der Waals surface area contributed by atoms with Gasteiger partial charge in [-0.3, -0.25) is 10.1 Å². The van der Waals surface area contributed by atoms with Crippen LogP contribution in [-0.4, -0.2) is 25.3 Å². The predicted molar refractivity (Wildman–Crippen MR) is 89.4 cm³/mol. The first-order valence-electron chi connectivity index (χ1n) is 7.37. The lowest BCUT2D eigenvalue weighted by molar-refractivity contribution is 0.102. The molecule has 3 aromatic rings. The number of nitrogens with zero attached hydrogens (tertiary/aromatic N) is 1. The van der Waals surface area contributed by atoms with Gasteiger partial charge in [0, 0.05) is 0 Å². The number of benzene rings is 2. The van der Waals surface area contributed by atoms with Crippen molar-refractivity contribution in [2.45, 2.75) is 0 Å². The fourth-order valence-electron chi connectivity index (χ4n) is 2.35. The molecule has 0 unspecified atom stereocenters. The minimum absolute atomic E-state index is 0.0860. The maximum Gasteiger partial charge on any atom is 0.261 e. The first-order chi connectivity index (χ1) is 12.1. The van der Waals surface area contributed by atoms with Crippen LogP contribution in [-0.2, 0) is 0 Å². The molecule has 0 spiro atoms. The molecule has 3 rings (SSSR count). The topological polar surface area (TPSA) is 73.6 Å². The smallest absolute Gasteiger partial charge is 0.261 e. The lowest BCUT2D eigenvalue weighted by atomic mass is 10.1. The molecule has 2 aromatic carbocycles. The Hall–Kier alpha value is -3.35. The highest BCUT2D eigenvalue weighted by Gasteiger charge is 2.18. The van der Waals surface area contributed by atoms with Crippen LogP contribution in [0.2, 0.25) is 0 Å². The number of hydrogen-bond acceptors (Lipinski definition) is 5. The Morgan fingerprint density at radius 2 is 1.88 bits per heavy atom. The first kappa shape index (κ1) is 16.5. The number of aromatic nitrogens is 1. The molecule has 1 heterocycles. The van der Waals surface area contributed by atoms with Gasteiger partial charge in [0.25, 0.3) is 5.91 Å². The van der Waals surface area contributed by atoms with Crippen molar-refractivity contribution in [3.05, 3.63) is 60.0 Å². The number of nitrogens with one attached hydrogen (secondary N) is 1. The van der Waals surface area contributed by atoms with Crippen molar-refractivity contribution in [2.75, 3.05) is 19.5 Å². The molecule has 0 atom stereocenters. The third-order valence-electron chi connectivity index (χ3n) is 3.61. The second-order valence-electron chi connectivity index (χ2n) is 5.07. The molecular formula is C18H15FN2O4. The zero-order valence-electron chi connectivity index (χ0n) is 13.6. The third-order valence-corrected chi connectivity index (χ3v) is 3.61. The van der Waals surface area contributed by atoms with E-state index in [1.54, 1.807) is 24.3 Å². The highest BCUT2D eigenvalue weighted by Crippen LogP contribution is 2.35. The fourth-order valence-corrected chi connectivity index (χ4v) is 2.35. The van der Waals surface area contributed by atoms with Gasteiger partial charge >= 0.3 is 0 Å². The predicted octanol–water partition coefficient (Wildman–Crippen LogP) is 3.75. The van der Waals surface area contributed by atoms with E-state index in [0.717, 1.165) is 0 Å². The maximum atomic E-state index is 13.7. The Kier molecular flexibility index (Phi) is 4.65. The SMILES string of the molecule is COc1ccc(-c2cnoc2NC(=O)c2ccccc2F)cc1OC. The lowest BCUT2D eigenvalue weighted by Gasteiger charge is -2.09. The standard InChI is InChI=1S/C18H15FN2O4/c1-23-15-8-7-11(9-16(15)24-2)13-10-20-25-18(13)21-17(22)12-5-3-4-6-14(12)19/h3-10H,1-2H3,(H,21,22). The highest BCUT2D eigenvalue weighted by molar-refractivity contribution is 6.05. The monoisotopic (exact) mass is 342 g/mol. The minimum atomic E-state index is -0.628. The van der Waals surface area contributed by atoms with E-state index in [1.165, 1.54) is 38.6 Å². The Bertz CT molecular complexity index is 908. The Morgan fingerprint density at radius 3 is 2.60 bits per heavy atom. The Balaban J connectivity index is 1.91. The average Bonchev–Trinajstić information content (AvgIpc) is 3.09. The van der Waals surface area contributed by atoms with Crippen LogP contribution < -0.4 is 14.8 Å². The molecule has 0 aliphatic rings. The number of carbonyl (C=O) groups is 1. The molecule has 128 valence electrons. The van der Waals surface area contributed by atoms with Gasteiger partial charge in [0.15, 0.2) is 11.5 Å². The molecule has 6 nitrogen and oxygen atoms in total. The minimum Gasteiger partial charge on any atom is -0.493 e. The summed E-state index contributed by atoms with van der Waals surface area (Å²) in [5.41, 5.74) is 1.14. The molecule has 1 amide bonds. The first-order valence-corrected chi connectivity index (χ1v) is 7.37. The van der Waals surface area contributed by atoms with E-state index < -0.39 is 11.7 Å². The van der Waals surface area contributed by atoms with Gasteiger partial charge in [-0.05, 0) is 29.8 Å². The number of anilines is 1. The second-order valence-corrected chi connectivity index (χ2v) is 5.07. The van der Waals surface area contributed by atoms with Gasteiger partial charge in [-0.2, -0.15) is 0 Å². The number of hydrogen-bond donors (Lipinski definition) is 1. The summed E-state index contributed by atoms with van der Waals surface area (Å²) in [6.07, 6.45) is 1.46. The van der Waals surface area contributed by atoms with Crippen molar-refractivity contribution in [1.29, 1.82) is 0 Å². The van der Waals surface area contributed by atoms with Crippen LogP contribution in [0.5, 0.6) is 11.5 Å². The van der Waals surface area contributed by atoms with Gasteiger partial charge in [-0.15, -0.1) is 0 Å². The van der Waals surface area contributed by atoms with Gasteiger partial charge in [0.2, 0.25) is 5.88 Å². The molecule has 0 bridgehead atoms. The van der Waals surface area contributed by atoms with E-state index in [1.807, 2.05) is 0 Å². The van der Waals surface area contributed by atoms with Crippen LogP contribution in [0.15, 0.2) is 53.2 Å². The summed E-state index contributed by atoms with van der Waals surface area (Å²) in [5.74, 6) is -0.0449. The summed E-state index contributed by atoms with van der Waals surface area (Å²) in [5, 5.41) is 6.24. The zero-order chi connectivity index (χ0) is 17.8. The van der Waals surface area contributed by atoms with Crippen molar-refractivity contribution < 1.29 is 23.2 Å². The molecule has 0 fully saturated rings. The third kappa shape index (κ3) is 3.30. The van der Waals surface area contributed by atoms with E-state index in [-0.39, 0.29) is 11.4 Å². The van der Waals surface area contributed by atoms with E-state index in [0.29, 0.717) is 22.6 Å². The quantitative estimate of drug-likeness (QED) is 0.764.